The van der Waals surface area contributed by atoms with Crippen LogP contribution in [-0.4, -0.2) is 11.1 Å². The Morgan fingerprint density at radius 1 is 1.58 bits per heavy atom. The maximum atomic E-state index is 12.6. The first-order valence-electron chi connectivity index (χ1n) is 2.93. The largest absolute Gasteiger partial charge is 0.478 e. The van der Waals surface area contributed by atoms with Crippen LogP contribution in [0.15, 0.2) is 21.5 Å². The van der Waals surface area contributed by atoms with Crippen molar-refractivity contribution in [1.82, 2.24) is 0 Å². The zero-order chi connectivity index (χ0) is 9.30. The van der Waals surface area contributed by atoms with Gasteiger partial charge in [0.05, 0.1) is 5.56 Å². The van der Waals surface area contributed by atoms with Crippen LogP contribution in [0.1, 0.15) is 10.4 Å². The minimum atomic E-state index is -1.18. The van der Waals surface area contributed by atoms with E-state index in [1.165, 1.54) is 0 Å². The van der Waals surface area contributed by atoms with E-state index in [9.17, 15) is 9.18 Å². The molecule has 1 aromatic rings. The lowest BCUT2D eigenvalue weighted by atomic mass is 10.2. The molecule has 0 radical (unpaired) electrons. The van der Waals surface area contributed by atoms with Crippen molar-refractivity contribution in [2.45, 2.75) is 4.90 Å². The average molecular weight is 251 g/mol. The fraction of sp³-hybridized carbons (Fsp3) is 0. The Hall–Kier alpha value is -0.550. The highest BCUT2D eigenvalue weighted by Gasteiger charge is 2.12. The van der Waals surface area contributed by atoms with Gasteiger partial charge in [-0.15, -0.1) is 12.6 Å². The van der Waals surface area contributed by atoms with Gasteiger partial charge in [0.25, 0.3) is 0 Å². The summed E-state index contributed by atoms with van der Waals surface area (Å²) in [6, 6.07) is 2.08. The Morgan fingerprint density at radius 3 is 2.67 bits per heavy atom. The van der Waals surface area contributed by atoms with Crippen LogP contribution in [0.5, 0.6) is 0 Å². The predicted molar refractivity (Wildman–Crippen MR) is 48.3 cm³/mol. The summed E-state index contributed by atoms with van der Waals surface area (Å²) in [5.74, 6) is -1.79. The number of carbonyl (C=O) groups is 1. The number of benzene rings is 1. The Balaban J connectivity index is 3.37. The van der Waals surface area contributed by atoms with Crippen LogP contribution in [0, 0.1) is 5.82 Å². The number of halogens is 2. The highest BCUT2D eigenvalue weighted by atomic mass is 79.9. The molecule has 0 unspecified atom stereocenters. The van der Waals surface area contributed by atoms with E-state index in [2.05, 4.69) is 28.6 Å². The van der Waals surface area contributed by atoms with Gasteiger partial charge in [-0.05, 0) is 28.1 Å². The molecule has 1 rings (SSSR count). The number of thiol groups is 1. The smallest absolute Gasteiger partial charge is 0.336 e. The third kappa shape index (κ3) is 1.78. The standard InChI is InChI=1S/C7H4BrFO2S/c8-6-4(7(10)11)1-3(9)2-5(6)12/h1-2,12H,(H,10,11). The zero-order valence-electron chi connectivity index (χ0n) is 5.71. The van der Waals surface area contributed by atoms with E-state index in [-0.39, 0.29) is 10.5 Å². The van der Waals surface area contributed by atoms with Gasteiger partial charge in [0.15, 0.2) is 0 Å². The number of carboxylic acid groups (broad SMARTS) is 1. The molecule has 2 nitrogen and oxygen atoms in total. The minimum absolute atomic E-state index is 0.125. The lowest BCUT2D eigenvalue weighted by molar-refractivity contribution is 0.0695. The summed E-state index contributed by atoms with van der Waals surface area (Å²) in [5.41, 5.74) is -0.125. The predicted octanol–water partition coefficient (Wildman–Crippen LogP) is 2.58. The summed E-state index contributed by atoms with van der Waals surface area (Å²) in [7, 11) is 0. The zero-order valence-corrected chi connectivity index (χ0v) is 8.19. The summed E-state index contributed by atoms with van der Waals surface area (Å²) >= 11 is 6.87. The van der Waals surface area contributed by atoms with Crippen molar-refractivity contribution in [1.29, 1.82) is 0 Å². The maximum absolute atomic E-state index is 12.6. The molecule has 0 amide bonds. The van der Waals surface area contributed by atoms with Crippen molar-refractivity contribution in [3.8, 4) is 0 Å². The van der Waals surface area contributed by atoms with Gasteiger partial charge >= 0.3 is 5.97 Å². The van der Waals surface area contributed by atoms with Crippen molar-refractivity contribution < 1.29 is 14.3 Å². The van der Waals surface area contributed by atoms with E-state index >= 15 is 0 Å². The number of aromatic carboxylic acids is 1. The number of rotatable bonds is 1. The highest BCUT2D eigenvalue weighted by Crippen LogP contribution is 2.26. The molecule has 0 aliphatic carbocycles. The molecule has 0 bridgehead atoms. The third-order valence-electron chi connectivity index (χ3n) is 1.25. The topological polar surface area (TPSA) is 37.3 Å². The molecule has 0 atom stereocenters. The fourth-order valence-corrected chi connectivity index (χ4v) is 1.37. The summed E-state index contributed by atoms with van der Waals surface area (Å²) in [6.45, 7) is 0. The van der Waals surface area contributed by atoms with Gasteiger partial charge < -0.3 is 5.11 Å². The third-order valence-corrected chi connectivity index (χ3v) is 2.76. The maximum Gasteiger partial charge on any atom is 0.336 e. The quantitative estimate of drug-likeness (QED) is 0.752. The van der Waals surface area contributed by atoms with Gasteiger partial charge in [-0.25, -0.2) is 9.18 Å². The van der Waals surface area contributed by atoms with Crippen molar-refractivity contribution in [2.24, 2.45) is 0 Å². The summed E-state index contributed by atoms with van der Waals surface area (Å²) in [4.78, 5) is 10.8. The number of hydrogen-bond donors (Lipinski definition) is 2. The van der Waals surface area contributed by atoms with Crippen LogP contribution in [0.3, 0.4) is 0 Å². The van der Waals surface area contributed by atoms with Crippen molar-refractivity contribution in [3.63, 3.8) is 0 Å². The SMILES string of the molecule is O=C(O)c1cc(F)cc(S)c1Br. The van der Waals surface area contributed by atoms with Crippen LogP contribution >= 0.6 is 28.6 Å². The molecule has 0 spiro atoms. The van der Waals surface area contributed by atoms with E-state index in [0.717, 1.165) is 12.1 Å². The van der Waals surface area contributed by atoms with Crippen molar-refractivity contribution >= 4 is 34.5 Å². The Labute approximate surface area is 81.9 Å². The summed E-state index contributed by atoms with van der Waals surface area (Å²) in [5, 5.41) is 8.58. The van der Waals surface area contributed by atoms with Crippen LogP contribution in [0.25, 0.3) is 0 Å². The van der Waals surface area contributed by atoms with Crippen LogP contribution in [-0.2, 0) is 0 Å². The first kappa shape index (κ1) is 9.54. The lowest BCUT2D eigenvalue weighted by Crippen LogP contribution is -1.99. The molecule has 0 aliphatic heterocycles. The van der Waals surface area contributed by atoms with Crippen LogP contribution < -0.4 is 0 Å². The van der Waals surface area contributed by atoms with Gasteiger partial charge in [-0.3, -0.25) is 0 Å². The molecule has 64 valence electrons. The Kier molecular flexibility index (Phi) is 2.74. The Bertz CT molecular complexity index is 340. The number of hydrogen-bond acceptors (Lipinski definition) is 2. The molecule has 0 saturated carbocycles. The minimum Gasteiger partial charge on any atom is -0.478 e. The van der Waals surface area contributed by atoms with E-state index in [1.807, 2.05) is 0 Å². The molecule has 1 aromatic carbocycles. The molecule has 12 heavy (non-hydrogen) atoms. The van der Waals surface area contributed by atoms with Gasteiger partial charge in [-0.2, -0.15) is 0 Å². The first-order valence-corrected chi connectivity index (χ1v) is 4.17. The molecule has 5 heteroatoms. The van der Waals surface area contributed by atoms with E-state index in [1.54, 1.807) is 0 Å². The average Bonchev–Trinajstić information content (AvgIpc) is 1.96. The Morgan fingerprint density at radius 2 is 2.17 bits per heavy atom. The number of carboxylic acids is 1. The van der Waals surface area contributed by atoms with Crippen molar-refractivity contribution in [2.75, 3.05) is 0 Å². The second-order valence-corrected chi connectivity index (χ2v) is 3.37. The molecule has 0 aromatic heterocycles. The highest BCUT2D eigenvalue weighted by molar-refractivity contribution is 9.10. The second-order valence-electron chi connectivity index (χ2n) is 2.09. The second kappa shape index (κ2) is 3.45. The molecule has 1 N–H and O–H groups in total. The summed E-state index contributed by atoms with van der Waals surface area (Å²) < 4.78 is 12.9. The van der Waals surface area contributed by atoms with Gasteiger partial charge in [0.2, 0.25) is 0 Å². The van der Waals surface area contributed by atoms with Gasteiger partial charge in [-0.1, -0.05) is 0 Å². The lowest BCUT2D eigenvalue weighted by Gasteiger charge is -2.01. The molecular formula is C7H4BrFO2S. The van der Waals surface area contributed by atoms with E-state index < -0.39 is 11.8 Å². The van der Waals surface area contributed by atoms with Crippen molar-refractivity contribution in [3.05, 3.63) is 28.0 Å². The summed E-state index contributed by atoms with van der Waals surface area (Å²) in [6.07, 6.45) is 0. The molecule has 0 fully saturated rings. The van der Waals surface area contributed by atoms with E-state index in [0.29, 0.717) is 4.47 Å². The van der Waals surface area contributed by atoms with E-state index in [4.69, 9.17) is 5.11 Å². The fourth-order valence-electron chi connectivity index (χ4n) is 0.730. The van der Waals surface area contributed by atoms with Crippen LogP contribution in [0.2, 0.25) is 0 Å². The monoisotopic (exact) mass is 250 g/mol. The van der Waals surface area contributed by atoms with Gasteiger partial charge in [0.1, 0.15) is 5.82 Å². The molecule has 0 heterocycles. The van der Waals surface area contributed by atoms with Crippen LogP contribution in [0.4, 0.5) is 4.39 Å². The first-order chi connectivity index (χ1) is 5.52. The molecule has 0 aliphatic rings. The van der Waals surface area contributed by atoms with Gasteiger partial charge in [0, 0.05) is 9.37 Å². The molecule has 0 saturated heterocycles. The molecular weight excluding hydrogens is 247 g/mol. The normalized spacial score (nSPS) is 9.92.